The van der Waals surface area contributed by atoms with Gasteiger partial charge < -0.3 is 19.7 Å². The van der Waals surface area contributed by atoms with Crippen molar-refractivity contribution in [3.63, 3.8) is 0 Å². The molecule has 1 atom stereocenters. The average Bonchev–Trinajstić information content (AvgIpc) is 2.77. The van der Waals surface area contributed by atoms with Crippen molar-refractivity contribution in [1.29, 1.82) is 0 Å². The second-order valence-electron chi connectivity index (χ2n) is 6.94. The monoisotopic (exact) mass is 416 g/mol. The van der Waals surface area contributed by atoms with Crippen molar-refractivity contribution in [2.75, 3.05) is 27.3 Å². The summed E-state index contributed by atoms with van der Waals surface area (Å²) in [6, 6.07) is 12.5. The molecule has 1 heterocycles. The van der Waals surface area contributed by atoms with Crippen LogP contribution in [0, 0.1) is 5.92 Å². The number of carbonyl (C=O) groups excluding carboxylic acids is 2. The van der Waals surface area contributed by atoms with E-state index in [1.54, 1.807) is 43.4 Å². The van der Waals surface area contributed by atoms with Gasteiger partial charge in [-0.05, 0) is 31.0 Å². The molecule has 1 saturated heterocycles. The van der Waals surface area contributed by atoms with Gasteiger partial charge in [0.1, 0.15) is 0 Å². The summed E-state index contributed by atoms with van der Waals surface area (Å²) in [6.07, 6.45) is 1.52. The Kier molecular flexibility index (Phi) is 6.99. The van der Waals surface area contributed by atoms with E-state index < -0.39 is 0 Å². The van der Waals surface area contributed by atoms with Crippen LogP contribution in [0.5, 0.6) is 11.5 Å². The van der Waals surface area contributed by atoms with E-state index in [2.05, 4.69) is 5.32 Å². The first-order valence-corrected chi connectivity index (χ1v) is 9.94. The minimum absolute atomic E-state index is 0.0773. The number of likely N-dealkylation sites (tertiary alicyclic amines) is 1. The summed E-state index contributed by atoms with van der Waals surface area (Å²) in [5.41, 5.74) is 1.30. The number of piperidine rings is 1. The Labute approximate surface area is 175 Å². The van der Waals surface area contributed by atoms with E-state index in [9.17, 15) is 9.59 Å². The molecule has 154 valence electrons. The first-order chi connectivity index (χ1) is 14.0. The highest BCUT2D eigenvalue weighted by atomic mass is 35.5. The first kappa shape index (κ1) is 21.0. The molecule has 0 spiro atoms. The predicted octanol–water partition coefficient (Wildman–Crippen LogP) is 3.53. The van der Waals surface area contributed by atoms with E-state index in [0.717, 1.165) is 18.4 Å². The summed E-state index contributed by atoms with van der Waals surface area (Å²) in [7, 11) is 3.15. The zero-order chi connectivity index (χ0) is 20.8. The molecule has 0 saturated carbocycles. The van der Waals surface area contributed by atoms with Crippen LogP contribution in [0.2, 0.25) is 5.02 Å². The van der Waals surface area contributed by atoms with Gasteiger partial charge in [0, 0.05) is 25.2 Å². The van der Waals surface area contributed by atoms with E-state index in [0.29, 0.717) is 41.7 Å². The van der Waals surface area contributed by atoms with E-state index >= 15 is 0 Å². The minimum atomic E-state index is -0.258. The summed E-state index contributed by atoms with van der Waals surface area (Å²) in [4.78, 5) is 27.3. The Morgan fingerprint density at radius 2 is 1.93 bits per heavy atom. The van der Waals surface area contributed by atoms with Crippen LogP contribution in [0.15, 0.2) is 42.5 Å². The van der Waals surface area contributed by atoms with Crippen LogP contribution in [-0.4, -0.2) is 44.0 Å². The number of hydrogen-bond donors (Lipinski definition) is 1. The predicted molar refractivity (Wildman–Crippen MR) is 111 cm³/mol. The van der Waals surface area contributed by atoms with Crippen molar-refractivity contribution in [3.8, 4) is 11.5 Å². The van der Waals surface area contributed by atoms with Crippen LogP contribution >= 0.6 is 11.6 Å². The number of nitrogens with zero attached hydrogens (tertiary/aromatic N) is 1. The standard InChI is InChI=1S/C22H25ClN2O4/c1-28-19-11-5-7-15(20(19)29-2)13-24-21(26)16-8-6-12-25(14-16)22(27)17-9-3-4-10-18(17)23/h3-5,7,9-11,16H,6,8,12-14H2,1-2H3,(H,24,26)/t16-/m0/s1. The molecule has 0 aliphatic carbocycles. The zero-order valence-electron chi connectivity index (χ0n) is 16.6. The Morgan fingerprint density at radius 1 is 1.14 bits per heavy atom. The number of benzene rings is 2. The number of hydrogen-bond acceptors (Lipinski definition) is 4. The molecule has 2 aromatic carbocycles. The smallest absolute Gasteiger partial charge is 0.255 e. The molecule has 2 amide bonds. The van der Waals surface area contributed by atoms with Gasteiger partial charge in [0.05, 0.1) is 30.7 Å². The van der Waals surface area contributed by atoms with Crippen LogP contribution in [0.4, 0.5) is 0 Å². The summed E-state index contributed by atoms with van der Waals surface area (Å²) in [6.45, 7) is 1.33. The molecule has 2 aromatic rings. The van der Waals surface area contributed by atoms with E-state index in [4.69, 9.17) is 21.1 Å². The Bertz CT molecular complexity index is 887. The normalized spacial score (nSPS) is 16.2. The number of para-hydroxylation sites is 1. The third-order valence-corrected chi connectivity index (χ3v) is 5.45. The highest BCUT2D eigenvalue weighted by Crippen LogP contribution is 2.30. The highest BCUT2D eigenvalue weighted by molar-refractivity contribution is 6.33. The fraction of sp³-hybridized carbons (Fsp3) is 0.364. The molecule has 3 rings (SSSR count). The Morgan fingerprint density at radius 3 is 2.66 bits per heavy atom. The first-order valence-electron chi connectivity index (χ1n) is 9.56. The Balaban J connectivity index is 1.63. The summed E-state index contributed by atoms with van der Waals surface area (Å²) < 4.78 is 10.7. The molecule has 1 aliphatic heterocycles. The SMILES string of the molecule is COc1cccc(CNC(=O)[C@H]2CCCN(C(=O)c3ccccc3Cl)C2)c1OC. The van der Waals surface area contributed by atoms with Crippen LogP contribution in [0.3, 0.4) is 0 Å². The van der Waals surface area contributed by atoms with Gasteiger partial charge in [-0.2, -0.15) is 0 Å². The number of halogens is 1. The largest absolute Gasteiger partial charge is 0.493 e. The molecule has 0 bridgehead atoms. The third kappa shape index (κ3) is 4.82. The molecule has 1 N–H and O–H groups in total. The maximum Gasteiger partial charge on any atom is 0.255 e. The molecular weight excluding hydrogens is 392 g/mol. The molecule has 29 heavy (non-hydrogen) atoms. The van der Waals surface area contributed by atoms with E-state index in [1.165, 1.54) is 0 Å². The molecule has 0 aromatic heterocycles. The molecular formula is C22H25ClN2O4. The van der Waals surface area contributed by atoms with Crippen molar-refractivity contribution in [2.24, 2.45) is 5.92 Å². The summed E-state index contributed by atoms with van der Waals surface area (Å²) >= 11 is 6.16. The number of amides is 2. The van der Waals surface area contributed by atoms with Gasteiger partial charge in [-0.25, -0.2) is 0 Å². The zero-order valence-corrected chi connectivity index (χ0v) is 17.4. The van der Waals surface area contributed by atoms with Gasteiger partial charge in [-0.15, -0.1) is 0 Å². The van der Waals surface area contributed by atoms with Crippen molar-refractivity contribution in [3.05, 3.63) is 58.6 Å². The molecule has 7 heteroatoms. The number of methoxy groups -OCH3 is 2. The molecule has 1 aliphatic rings. The second-order valence-corrected chi connectivity index (χ2v) is 7.35. The number of nitrogens with one attached hydrogen (secondary N) is 1. The van der Waals surface area contributed by atoms with E-state index in [-0.39, 0.29) is 17.7 Å². The van der Waals surface area contributed by atoms with Crippen molar-refractivity contribution in [2.45, 2.75) is 19.4 Å². The van der Waals surface area contributed by atoms with Crippen molar-refractivity contribution < 1.29 is 19.1 Å². The number of rotatable bonds is 6. The maximum atomic E-state index is 12.8. The quantitative estimate of drug-likeness (QED) is 0.782. The van der Waals surface area contributed by atoms with Crippen LogP contribution < -0.4 is 14.8 Å². The van der Waals surface area contributed by atoms with Crippen LogP contribution in [0.25, 0.3) is 0 Å². The number of carbonyl (C=O) groups is 2. The topological polar surface area (TPSA) is 67.9 Å². The van der Waals surface area contributed by atoms with Crippen LogP contribution in [0.1, 0.15) is 28.8 Å². The molecule has 0 unspecified atom stereocenters. The average molecular weight is 417 g/mol. The van der Waals surface area contributed by atoms with Crippen molar-refractivity contribution in [1.82, 2.24) is 10.2 Å². The number of ether oxygens (including phenoxy) is 2. The van der Waals surface area contributed by atoms with Gasteiger partial charge in [0.25, 0.3) is 5.91 Å². The maximum absolute atomic E-state index is 12.8. The fourth-order valence-corrected chi connectivity index (χ4v) is 3.82. The lowest BCUT2D eigenvalue weighted by Gasteiger charge is -2.32. The third-order valence-electron chi connectivity index (χ3n) is 5.12. The lowest BCUT2D eigenvalue weighted by atomic mass is 9.96. The summed E-state index contributed by atoms with van der Waals surface area (Å²) in [5, 5.41) is 3.39. The summed E-state index contributed by atoms with van der Waals surface area (Å²) in [5.74, 6) is 0.754. The highest BCUT2D eigenvalue weighted by Gasteiger charge is 2.29. The lowest BCUT2D eigenvalue weighted by Crippen LogP contribution is -2.45. The molecule has 1 fully saturated rings. The van der Waals surface area contributed by atoms with Gasteiger partial charge in [-0.1, -0.05) is 35.9 Å². The van der Waals surface area contributed by atoms with Gasteiger partial charge in [-0.3, -0.25) is 9.59 Å². The minimum Gasteiger partial charge on any atom is -0.493 e. The Hall–Kier alpha value is -2.73. The fourth-order valence-electron chi connectivity index (χ4n) is 3.60. The van der Waals surface area contributed by atoms with Crippen molar-refractivity contribution >= 4 is 23.4 Å². The van der Waals surface area contributed by atoms with Gasteiger partial charge in [0.15, 0.2) is 11.5 Å². The van der Waals surface area contributed by atoms with Crippen LogP contribution in [-0.2, 0) is 11.3 Å². The second kappa shape index (κ2) is 9.65. The van der Waals surface area contributed by atoms with Gasteiger partial charge >= 0.3 is 0 Å². The van der Waals surface area contributed by atoms with E-state index in [1.807, 2.05) is 18.2 Å². The molecule has 6 nitrogen and oxygen atoms in total. The lowest BCUT2D eigenvalue weighted by molar-refractivity contribution is -0.126. The van der Waals surface area contributed by atoms with Gasteiger partial charge in [0.2, 0.25) is 5.91 Å². The molecule has 0 radical (unpaired) electrons.